The minimum Gasteiger partial charge on any atom is -0.467 e. The smallest absolute Gasteiger partial charge is 0.267 e. The summed E-state index contributed by atoms with van der Waals surface area (Å²) >= 11 is 6.65. The predicted molar refractivity (Wildman–Crippen MR) is 130 cm³/mol. The zero-order chi connectivity index (χ0) is 22.2. The van der Waals surface area contributed by atoms with Crippen LogP contribution in [0.25, 0.3) is 11.7 Å². The zero-order valence-corrected chi connectivity index (χ0v) is 19.2. The molecule has 2 aliphatic heterocycles. The first kappa shape index (κ1) is 21.0. The molecule has 5 heterocycles. The van der Waals surface area contributed by atoms with Gasteiger partial charge in [-0.25, -0.2) is 4.98 Å². The highest BCUT2D eigenvalue weighted by atomic mass is 32.2. The van der Waals surface area contributed by atoms with Crippen LogP contribution in [0, 0.1) is 6.92 Å². The molecule has 5 rings (SSSR count). The van der Waals surface area contributed by atoms with E-state index in [1.54, 1.807) is 35.1 Å². The molecule has 1 amide bonds. The van der Waals surface area contributed by atoms with Crippen molar-refractivity contribution in [2.24, 2.45) is 0 Å². The van der Waals surface area contributed by atoms with E-state index in [1.807, 2.05) is 19.1 Å². The fourth-order valence-corrected chi connectivity index (χ4v) is 5.28. The number of fused-ring (bicyclic) bond motifs is 1. The summed E-state index contributed by atoms with van der Waals surface area (Å²) < 4.78 is 7.37. The van der Waals surface area contributed by atoms with Crippen molar-refractivity contribution in [2.45, 2.75) is 32.7 Å². The SMILES string of the molecule is Cc1ccc2nc(N3CCCCC3)c(/C=C3/SC(=S)N(Cc4ccco4)C3=O)c(=O)n2c1. The lowest BCUT2D eigenvalue weighted by molar-refractivity contribution is -0.122. The van der Waals surface area contributed by atoms with Crippen molar-refractivity contribution in [3.63, 3.8) is 0 Å². The Hall–Kier alpha value is -2.91. The first-order valence-corrected chi connectivity index (χ1v) is 11.8. The van der Waals surface area contributed by atoms with Gasteiger partial charge < -0.3 is 9.32 Å². The molecule has 0 atom stereocenters. The Labute approximate surface area is 194 Å². The van der Waals surface area contributed by atoms with Crippen molar-refractivity contribution in [3.05, 3.63) is 68.9 Å². The maximum atomic E-state index is 13.5. The normalized spacial score (nSPS) is 18.3. The van der Waals surface area contributed by atoms with E-state index >= 15 is 0 Å². The molecule has 3 aromatic heterocycles. The van der Waals surface area contributed by atoms with Gasteiger partial charge in [-0.05, 0) is 56.0 Å². The number of pyridine rings is 1. The van der Waals surface area contributed by atoms with Crippen molar-refractivity contribution >= 4 is 51.7 Å². The van der Waals surface area contributed by atoms with E-state index in [-0.39, 0.29) is 18.0 Å². The number of furan rings is 1. The van der Waals surface area contributed by atoms with Crippen molar-refractivity contribution in [3.8, 4) is 0 Å². The largest absolute Gasteiger partial charge is 0.467 e. The highest BCUT2D eigenvalue weighted by Crippen LogP contribution is 2.34. The Kier molecular flexibility index (Phi) is 5.60. The van der Waals surface area contributed by atoms with Crippen LogP contribution >= 0.6 is 24.0 Å². The number of aromatic nitrogens is 2. The van der Waals surface area contributed by atoms with E-state index in [4.69, 9.17) is 21.6 Å². The number of nitrogens with zero attached hydrogens (tertiary/aromatic N) is 4. The third-order valence-electron chi connectivity index (χ3n) is 5.68. The second-order valence-electron chi connectivity index (χ2n) is 7.98. The van der Waals surface area contributed by atoms with Crippen LogP contribution in [0.4, 0.5) is 5.82 Å². The Bertz CT molecular complexity index is 1290. The van der Waals surface area contributed by atoms with Crippen molar-refractivity contribution in [1.29, 1.82) is 0 Å². The number of carbonyl (C=O) groups is 1. The second-order valence-corrected chi connectivity index (χ2v) is 9.66. The molecule has 2 fully saturated rings. The molecule has 3 aromatic rings. The highest BCUT2D eigenvalue weighted by Gasteiger charge is 2.33. The monoisotopic (exact) mass is 466 g/mol. The van der Waals surface area contributed by atoms with E-state index in [0.717, 1.165) is 31.5 Å². The highest BCUT2D eigenvalue weighted by molar-refractivity contribution is 8.26. The quantitative estimate of drug-likeness (QED) is 0.425. The average Bonchev–Trinajstić information content (AvgIpc) is 3.40. The number of carbonyl (C=O) groups excluding carboxylic acids is 1. The number of piperidine rings is 1. The number of aryl methyl sites for hydroxylation is 1. The summed E-state index contributed by atoms with van der Waals surface area (Å²) in [4.78, 5) is 35.6. The molecule has 0 aromatic carbocycles. The van der Waals surface area contributed by atoms with E-state index in [9.17, 15) is 9.59 Å². The number of amides is 1. The van der Waals surface area contributed by atoms with Crippen LogP contribution in [0.2, 0.25) is 0 Å². The fraction of sp³-hybridized carbons (Fsp3) is 0.304. The number of rotatable bonds is 4. The molecule has 0 spiro atoms. The number of thiocarbonyl (C=S) groups is 1. The Morgan fingerprint density at radius 2 is 2.00 bits per heavy atom. The number of anilines is 1. The van der Waals surface area contributed by atoms with Gasteiger partial charge in [-0.15, -0.1) is 0 Å². The number of thioether (sulfide) groups is 1. The summed E-state index contributed by atoms with van der Waals surface area (Å²) in [5.74, 6) is 1.06. The third kappa shape index (κ3) is 3.86. The van der Waals surface area contributed by atoms with Crippen LogP contribution in [0.3, 0.4) is 0 Å². The lowest BCUT2D eigenvalue weighted by atomic mass is 10.1. The lowest BCUT2D eigenvalue weighted by Gasteiger charge is -2.29. The molecule has 0 bridgehead atoms. The second kappa shape index (κ2) is 8.55. The average molecular weight is 467 g/mol. The fourth-order valence-electron chi connectivity index (χ4n) is 4.05. The summed E-state index contributed by atoms with van der Waals surface area (Å²) in [6.07, 6.45) is 8.29. The van der Waals surface area contributed by atoms with Crippen molar-refractivity contribution in [1.82, 2.24) is 14.3 Å². The number of hydrogen-bond donors (Lipinski definition) is 0. The summed E-state index contributed by atoms with van der Waals surface area (Å²) in [5.41, 5.74) is 1.80. The Morgan fingerprint density at radius 1 is 1.19 bits per heavy atom. The summed E-state index contributed by atoms with van der Waals surface area (Å²) in [6.45, 7) is 3.88. The minimum absolute atomic E-state index is 0.185. The lowest BCUT2D eigenvalue weighted by Crippen LogP contribution is -2.33. The van der Waals surface area contributed by atoms with E-state index in [1.165, 1.54) is 23.1 Å². The van der Waals surface area contributed by atoms with Gasteiger partial charge in [0.15, 0.2) is 0 Å². The Balaban J connectivity index is 1.60. The maximum Gasteiger partial charge on any atom is 0.267 e. The van der Waals surface area contributed by atoms with Gasteiger partial charge in [-0.1, -0.05) is 30.0 Å². The molecule has 0 radical (unpaired) electrons. The van der Waals surface area contributed by atoms with Crippen LogP contribution in [-0.4, -0.2) is 37.6 Å². The topological polar surface area (TPSA) is 71.1 Å². The van der Waals surface area contributed by atoms with E-state index in [2.05, 4.69) is 4.90 Å². The van der Waals surface area contributed by atoms with Crippen LogP contribution in [0.15, 0.2) is 50.8 Å². The van der Waals surface area contributed by atoms with Crippen LogP contribution < -0.4 is 10.5 Å². The molecule has 2 saturated heterocycles. The third-order valence-corrected chi connectivity index (χ3v) is 7.06. The van der Waals surface area contributed by atoms with Gasteiger partial charge >= 0.3 is 0 Å². The van der Waals surface area contributed by atoms with Gasteiger partial charge in [0.25, 0.3) is 11.5 Å². The summed E-state index contributed by atoms with van der Waals surface area (Å²) in [6, 6.07) is 7.38. The van der Waals surface area contributed by atoms with E-state index in [0.29, 0.717) is 32.0 Å². The molecule has 9 heteroatoms. The van der Waals surface area contributed by atoms with Gasteiger partial charge in [0, 0.05) is 19.3 Å². The minimum atomic E-state index is -0.227. The first-order valence-electron chi connectivity index (χ1n) is 10.6. The van der Waals surface area contributed by atoms with Crippen LogP contribution in [0.1, 0.15) is 36.1 Å². The standard InChI is InChI=1S/C23H22N4O3S2/c1-15-7-8-19-24-20(25-9-3-2-4-10-25)17(21(28)26(19)13-15)12-18-22(29)27(23(31)32-18)14-16-6-5-11-30-16/h5-8,11-13H,2-4,9-10,14H2,1H3/b18-12+. The predicted octanol–water partition coefficient (Wildman–Crippen LogP) is 3.99. The molecule has 32 heavy (non-hydrogen) atoms. The molecule has 0 aliphatic carbocycles. The van der Waals surface area contributed by atoms with Gasteiger partial charge in [-0.3, -0.25) is 18.9 Å². The molecule has 7 nitrogen and oxygen atoms in total. The van der Waals surface area contributed by atoms with Crippen LogP contribution in [-0.2, 0) is 11.3 Å². The van der Waals surface area contributed by atoms with Gasteiger partial charge in [0.1, 0.15) is 21.5 Å². The molecule has 0 saturated carbocycles. The molecule has 0 N–H and O–H groups in total. The number of hydrogen-bond acceptors (Lipinski definition) is 7. The molecule has 0 unspecified atom stereocenters. The van der Waals surface area contributed by atoms with Gasteiger partial charge in [-0.2, -0.15) is 0 Å². The zero-order valence-electron chi connectivity index (χ0n) is 17.6. The summed E-state index contributed by atoms with van der Waals surface area (Å²) in [7, 11) is 0. The Morgan fingerprint density at radius 3 is 2.75 bits per heavy atom. The first-order chi connectivity index (χ1) is 15.5. The molecule has 2 aliphatic rings. The van der Waals surface area contributed by atoms with Crippen molar-refractivity contribution < 1.29 is 9.21 Å². The molecule has 164 valence electrons. The molecular formula is C23H22N4O3S2. The maximum absolute atomic E-state index is 13.5. The van der Waals surface area contributed by atoms with E-state index < -0.39 is 0 Å². The van der Waals surface area contributed by atoms with Crippen LogP contribution in [0.5, 0.6) is 0 Å². The van der Waals surface area contributed by atoms with Gasteiger partial charge in [0.2, 0.25) is 0 Å². The van der Waals surface area contributed by atoms with Gasteiger partial charge in [0.05, 0.1) is 23.3 Å². The molecular weight excluding hydrogens is 444 g/mol. The van der Waals surface area contributed by atoms with Crippen molar-refractivity contribution in [2.75, 3.05) is 18.0 Å². The summed E-state index contributed by atoms with van der Waals surface area (Å²) in [5, 5.41) is 0.